The number of amides is 2. The van der Waals surface area contributed by atoms with Crippen LogP contribution in [0.4, 0.5) is 5.69 Å². The SMILES string of the molecule is Cl.Cl.O=C(C1CNCCO1)N1CCN(CC(=O)N2CCc3ccccc32)CC1. The first-order valence-electron chi connectivity index (χ1n) is 9.44. The van der Waals surface area contributed by atoms with Crippen LogP contribution in [0, 0.1) is 0 Å². The summed E-state index contributed by atoms with van der Waals surface area (Å²) in [5.41, 5.74) is 2.30. The van der Waals surface area contributed by atoms with Crippen molar-refractivity contribution >= 4 is 42.3 Å². The van der Waals surface area contributed by atoms with Crippen LogP contribution in [0.15, 0.2) is 24.3 Å². The van der Waals surface area contributed by atoms with Crippen LogP contribution < -0.4 is 10.2 Å². The van der Waals surface area contributed by atoms with Gasteiger partial charge < -0.3 is 19.9 Å². The van der Waals surface area contributed by atoms with Crippen LogP contribution in [0.1, 0.15) is 5.56 Å². The van der Waals surface area contributed by atoms with Gasteiger partial charge in [0.15, 0.2) is 0 Å². The second-order valence-electron chi connectivity index (χ2n) is 7.09. The molecule has 3 heterocycles. The number of halogens is 2. The van der Waals surface area contributed by atoms with Gasteiger partial charge in [-0.15, -0.1) is 24.8 Å². The lowest BCUT2D eigenvalue weighted by molar-refractivity contribution is -0.147. The zero-order valence-electron chi connectivity index (χ0n) is 15.8. The summed E-state index contributed by atoms with van der Waals surface area (Å²) in [5.74, 6) is 0.214. The molecule has 3 aliphatic heterocycles. The van der Waals surface area contributed by atoms with Gasteiger partial charge in [-0.05, 0) is 18.1 Å². The molecule has 28 heavy (non-hydrogen) atoms. The maximum Gasteiger partial charge on any atom is 0.253 e. The van der Waals surface area contributed by atoms with Gasteiger partial charge in [-0.25, -0.2) is 0 Å². The van der Waals surface area contributed by atoms with Crippen molar-refractivity contribution in [3.8, 4) is 0 Å². The Hall–Kier alpha value is -1.38. The van der Waals surface area contributed by atoms with Crippen molar-refractivity contribution in [1.82, 2.24) is 15.1 Å². The highest BCUT2D eigenvalue weighted by atomic mass is 35.5. The van der Waals surface area contributed by atoms with Gasteiger partial charge in [0.25, 0.3) is 5.91 Å². The first-order chi connectivity index (χ1) is 12.7. The number of para-hydroxylation sites is 1. The third-order valence-electron chi connectivity index (χ3n) is 5.43. The fourth-order valence-corrected chi connectivity index (χ4v) is 3.93. The molecule has 0 radical (unpaired) electrons. The maximum absolute atomic E-state index is 12.7. The minimum Gasteiger partial charge on any atom is -0.366 e. The molecular formula is C19H28Cl2N4O3. The summed E-state index contributed by atoms with van der Waals surface area (Å²) in [6.07, 6.45) is 0.567. The molecule has 2 amide bonds. The smallest absolute Gasteiger partial charge is 0.253 e. The van der Waals surface area contributed by atoms with Crippen molar-refractivity contribution in [1.29, 1.82) is 0 Å². The summed E-state index contributed by atoms with van der Waals surface area (Å²) in [4.78, 5) is 31.1. The van der Waals surface area contributed by atoms with E-state index in [1.165, 1.54) is 5.56 Å². The molecule has 9 heteroatoms. The number of morpholine rings is 1. The first kappa shape index (κ1) is 22.9. The maximum atomic E-state index is 12.7. The van der Waals surface area contributed by atoms with Crippen LogP contribution in [0.2, 0.25) is 0 Å². The molecule has 1 atom stereocenters. The van der Waals surface area contributed by atoms with Crippen molar-refractivity contribution in [3.63, 3.8) is 0 Å². The number of anilines is 1. The summed E-state index contributed by atoms with van der Waals surface area (Å²) >= 11 is 0. The quantitative estimate of drug-likeness (QED) is 0.758. The Bertz CT molecular complexity index is 677. The Morgan fingerprint density at radius 2 is 1.82 bits per heavy atom. The fourth-order valence-electron chi connectivity index (χ4n) is 3.93. The molecule has 0 aromatic heterocycles. The van der Waals surface area contributed by atoms with E-state index < -0.39 is 0 Å². The predicted molar refractivity (Wildman–Crippen MR) is 113 cm³/mol. The summed E-state index contributed by atoms with van der Waals surface area (Å²) < 4.78 is 5.56. The van der Waals surface area contributed by atoms with Crippen molar-refractivity contribution in [2.24, 2.45) is 0 Å². The van der Waals surface area contributed by atoms with E-state index >= 15 is 0 Å². The second-order valence-corrected chi connectivity index (χ2v) is 7.09. The Morgan fingerprint density at radius 1 is 1.07 bits per heavy atom. The molecule has 3 aliphatic rings. The molecular weight excluding hydrogens is 403 g/mol. The third kappa shape index (κ3) is 4.96. The van der Waals surface area contributed by atoms with E-state index in [0.29, 0.717) is 32.8 Å². The Morgan fingerprint density at radius 3 is 2.54 bits per heavy atom. The summed E-state index contributed by atoms with van der Waals surface area (Å²) in [6.45, 7) is 5.93. The molecule has 1 unspecified atom stereocenters. The topological polar surface area (TPSA) is 65.1 Å². The van der Waals surface area contributed by atoms with Gasteiger partial charge in [0, 0.05) is 51.5 Å². The van der Waals surface area contributed by atoms with Crippen LogP contribution in [0.3, 0.4) is 0 Å². The molecule has 0 bridgehead atoms. The standard InChI is InChI=1S/C19H26N4O3.2ClH/c24-18(23-7-5-15-3-1-2-4-16(15)23)14-21-8-10-22(11-9-21)19(25)17-13-20-6-12-26-17;;/h1-4,17,20H,5-14H2;2*1H. The van der Waals surface area contributed by atoms with E-state index in [4.69, 9.17) is 4.74 Å². The van der Waals surface area contributed by atoms with Gasteiger partial charge in [0.1, 0.15) is 6.10 Å². The molecule has 4 rings (SSSR count). The Labute approximate surface area is 178 Å². The number of fused-ring (bicyclic) bond motifs is 1. The summed E-state index contributed by atoms with van der Waals surface area (Å²) in [5, 5.41) is 3.20. The summed E-state index contributed by atoms with van der Waals surface area (Å²) in [7, 11) is 0. The average Bonchev–Trinajstić information content (AvgIpc) is 3.13. The normalized spacial score (nSPS) is 22.1. The first-order valence-corrected chi connectivity index (χ1v) is 9.44. The van der Waals surface area contributed by atoms with Crippen LogP contribution >= 0.6 is 24.8 Å². The molecule has 156 valence electrons. The lowest BCUT2D eigenvalue weighted by Gasteiger charge is -2.37. The molecule has 0 saturated carbocycles. The molecule has 1 aromatic carbocycles. The number of rotatable bonds is 3. The van der Waals surface area contributed by atoms with Crippen molar-refractivity contribution < 1.29 is 14.3 Å². The number of hydrogen-bond acceptors (Lipinski definition) is 5. The van der Waals surface area contributed by atoms with E-state index in [1.54, 1.807) is 0 Å². The molecule has 1 aromatic rings. The molecule has 2 fully saturated rings. The van der Waals surface area contributed by atoms with Crippen LogP contribution in [0.25, 0.3) is 0 Å². The van der Waals surface area contributed by atoms with Gasteiger partial charge in [-0.1, -0.05) is 18.2 Å². The number of carbonyl (C=O) groups excluding carboxylic acids is 2. The highest BCUT2D eigenvalue weighted by molar-refractivity contribution is 5.96. The average molecular weight is 431 g/mol. The molecule has 7 nitrogen and oxygen atoms in total. The highest BCUT2D eigenvalue weighted by Gasteiger charge is 2.31. The lowest BCUT2D eigenvalue weighted by Crippen LogP contribution is -2.56. The zero-order valence-corrected chi connectivity index (χ0v) is 17.5. The number of benzene rings is 1. The zero-order chi connectivity index (χ0) is 17.9. The van der Waals surface area contributed by atoms with Crippen molar-refractivity contribution in [2.45, 2.75) is 12.5 Å². The molecule has 0 spiro atoms. The van der Waals surface area contributed by atoms with Crippen LogP contribution in [-0.4, -0.2) is 86.7 Å². The minimum absolute atomic E-state index is 0. The van der Waals surface area contributed by atoms with Crippen molar-refractivity contribution in [2.75, 3.05) is 63.9 Å². The molecule has 2 saturated heterocycles. The number of nitrogens with one attached hydrogen (secondary N) is 1. The second kappa shape index (κ2) is 10.4. The Balaban J connectivity index is 0.00000140. The molecule has 0 aliphatic carbocycles. The Kier molecular flexibility index (Phi) is 8.52. The number of piperazine rings is 1. The van der Waals surface area contributed by atoms with Gasteiger partial charge in [0.2, 0.25) is 5.91 Å². The third-order valence-corrected chi connectivity index (χ3v) is 5.43. The van der Waals surface area contributed by atoms with Gasteiger partial charge in [0.05, 0.1) is 13.2 Å². The van der Waals surface area contributed by atoms with Gasteiger partial charge >= 0.3 is 0 Å². The van der Waals surface area contributed by atoms with Crippen LogP contribution in [0.5, 0.6) is 0 Å². The summed E-state index contributed by atoms with van der Waals surface area (Å²) in [6, 6.07) is 8.12. The van der Waals surface area contributed by atoms with Gasteiger partial charge in [-0.3, -0.25) is 14.5 Å². The lowest BCUT2D eigenvalue weighted by atomic mass is 10.2. The van der Waals surface area contributed by atoms with E-state index in [9.17, 15) is 9.59 Å². The van der Waals surface area contributed by atoms with E-state index in [0.717, 1.165) is 38.3 Å². The number of carbonyl (C=O) groups is 2. The van der Waals surface area contributed by atoms with E-state index in [2.05, 4.69) is 16.3 Å². The number of hydrogen-bond donors (Lipinski definition) is 1. The number of nitrogens with zero attached hydrogens (tertiary/aromatic N) is 3. The molecule has 1 N–H and O–H groups in total. The number of ether oxygens (including phenoxy) is 1. The van der Waals surface area contributed by atoms with Crippen molar-refractivity contribution in [3.05, 3.63) is 29.8 Å². The van der Waals surface area contributed by atoms with Crippen LogP contribution in [-0.2, 0) is 20.7 Å². The van der Waals surface area contributed by atoms with Gasteiger partial charge in [-0.2, -0.15) is 0 Å². The van der Waals surface area contributed by atoms with E-state index in [-0.39, 0.29) is 42.7 Å². The largest absolute Gasteiger partial charge is 0.366 e. The monoisotopic (exact) mass is 430 g/mol. The minimum atomic E-state index is -0.363. The van der Waals surface area contributed by atoms with E-state index in [1.807, 2.05) is 28.0 Å². The highest BCUT2D eigenvalue weighted by Crippen LogP contribution is 2.27. The fraction of sp³-hybridized carbons (Fsp3) is 0.579. The predicted octanol–water partition coefficient (Wildman–Crippen LogP) is 0.552.